The van der Waals surface area contributed by atoms with Gasteiger partial charge in [-0.15, -0.1) is 0 Å². The first kappa shape index (κ1) is 23.6. The SMILES string of the molecule is C=C1CCC2C3(C)COC(C)(C)OC3CCC2(C)C1CC(NC1CCCC1)C1=CCOC1=O. The Bertz CT molecular complexity index is 828. The normalized spacial score (nSPS) is 41.8. The molecule has 0 spiro atoms. The second kappa shape index (κ2) is 8.49. The Morgan fingerprint density at radius 2 is 1.88 bits per heavy atom. The van der Waals surface area contributed by atoms with Crippen molar-refractivity contribution in [2.24, 2.45) is 22.7 Å². The molecule has 0 aromatic rings. The summed E-state index contributed by atoms with van der Waals surface area (Å²) in [4.78, 5) is 12.6. The molecular formula is C28H43NO4. The molecule has 0 amide bonds. The van der Waals surface area contributed by atoms with Crippen LogP contribution < -0.4 is 5.32 Å². The van der Waals surface area contributed by atoms with E-state index >= 15 is 0 Å². The van der Waals surface area contributed by atoms with E-state index in [9.17, 15) is 4.79 Å². The fraction of sp³-hybridized carbons (Fsp3) is 0.821. The molecule has 1 N–H and O–H groups in total. The first-order valence-corrected chi connectivity index (χ1v) is 13.2. The van der Waals surface area contributed by atoms with E-state index in [2.05, 4.69) is 25.7 Å². The minimum absolute atomic E-state index is 0.0153. The number of cyclic esters (lactones) is 1. The molecule has 6 unspecified atom stereocenters. The second-order valence-corrected chi connectivity index (χ2v) is 12.3. The van der Waals surface area contributed by atoms with Gasteiger partial charge in [-0.25, -0.2) is 4.79 Å². The maximum atomic E-state index is 12.6. The van der Waals surface area contributed by atoms with Crippen LogP contribution >= 0.6 is 0 Å². The second-order valence-electron chi connectivity index (χ2n) is 12.3. The van der Waals surface area contributed by atoms with Crippen molar-refractivity contribution in [2.45, 2.75) is 109 Å². The van der Waals surface area contributed by atoms with Crippen molar-refractivity contribution in [3.63, 3.8) is 0 Å². The van der Waals surface area contributed by atoms with Gasteiger partial charge in [0.25, 0.3) is 0 Å². The quantitative estimate of drug-likeness (QED) is 0.448. The molecule has 1 saturated heterocycles. The number of rotatable bonds is 5. The van der Waals surface area contributed by atoms with Crippen LogP contribution in [-0.2, 0) is 19.0 Å². The van der Waals surface area contributed by atoms with Crippen molar-refractivity contribution in [3.05, 3.63) is 23.8 Å². The average molecular weight is 458 g/mol. The molecule has 5 nitrogen and oxygen atoms in total. The van der Waals surface area contributed by atoms with Crippen molar-refractivity contribution in [2.75, 3.05) is 13.2 Å². The number of hydrogen-bond donors (Lipinski definition) is 1. The fourth-order valence-corrected chi connectivity index (χ4v) is 8.06. The maximum absolute atomic E-state index is 12.6. The number of carbonyl (C=O) groups excluding carboxylic acids is 1. The summed E-state index contributed by atoms with van der Waals surface area (Å²) < 4.78 is 18.0. The van der Waals surface area contributed by atoms with Gasteiger partial charge < -0.3 is 19.5 Å². The fourth-order valence-electron chi connectivity index (χ4n) is 8.06. The van der Waals surface area contributed by atoms with E-state index in [1.165, 1.54) is 31.3 Å². The van der Waals surface area contributed by atoms with Gasteiger partial charge >= 0.3 is 5.97 Å². The zero-order chi connectivity index (χ0) is 23.4. The number of carbonyl (C=O) groups is 1. The monoisotopic (exact) mass is 457 g/mol. The van der Waals surface area contributed by atoms with Gasteiger partial charge in [0.1, 0.15) is 6.61 Å². The molecule has 5 rings (SSSR count). The lowest BCUT2D eigenvalue weighted by Crippen LogP contribution is -2.63. The summed E-state index contributed by atoms with van der Waals surface area (Å²) >= 11 is 0. The minimum atomic E-state index is -0.499. The Labute approximate surface area is 199 Å². The third kappa shape index (κ3) is 4.12. The van der Waals surface area contributed by atoms with Crippen LogP contribution in [0.2, 0.25) is 0 Å². The van der Waals surface area contributed by atoms with Crippen molar-refractivity contribution in [3.8, 4) is 0 Å². The molecule has 33 heavy (non-hydrogen) atoms. The van der Waals surface area contributed by atoms with E-state index in [4.69, 9.17) is 14.2 Å². The summed E-state index contributed by atoms with van der Waals surface area (Å²) in [6.45, 7) is 14.7. The minimum Gasteiger partial charge on any atom is -0.458 e. The molecule has 3 aliphatic carbocycles. The number of fused-ring (bicyclic) bond motifs is 3. The summed E-state index contributed by atoms with van der Waals surface area (Å²) in [5, 5.41) is 3.89. The molecule has 5 heteroatoms. The van der Waals surface area contributed by atoms with Crippen molar-refractivity contribution < 1.29 is 19.0 Å². The molecule has 4 fully saturated rings. The van der Waals surface area contributed by atoms with E-state index in [0.717, 1.165) is 44.3 Å². The van der Waals surface area contributed by atoms with Gasteiger partial charge in [0.2, 0.25) is 0 Å². The molecule has 3 saturated carbocycles. The van der Waals surface area contributed by atoms with Crippen LogP contribution in [0.3, 0.4) is 0 Å². The lowest BCUT2D eigenvalue weighted by Gasteiger charge is -2.63. The maximum Gasteiger partial charge on any atom is 0.335 e. The largest absolute Gasteiger partial charge is 0.458 e. The Kier molecular flexibility index (Phi) is 6.07. The van der Waals surface area contributed by atoms with Crippen LogP contribution in [0.25, 0.3) is 0 Å². The Hall–Kier alpha value is -1.17. The van der Waals surface area contributed by atoms with Crippen molar-refractivity contribution in [1.29, 1.82) is 0 Å². The highest BCUT2D eigenvalue weighted by atomic mass is 16.7. The summed E-state index contributed by atoms with van der Waals surface area (Å²) in [7, 11) is 0. The molecule has 184 valence electrons. The number of nitrogens with one attached hydrogen (secondary N) is 1. The van der Waals surface area contributed by atoms with Crippen LogP contribution in [0.4, 0.5) is 0 Å². The first-order valence-electron chi connectivity index (χ1n) is 13.2. The first-order chi connectivity index (χ1) is 15.6. The Morgan fingerprint density at radius 1 is 1.12 bits per heavy atom. The van der Waals surface area contributed by atoms with Crippen LogP contribution in [0.15, 0.2) is 23.8 Å². The van der Waals surface area contributed by atoms with E-state index in [1.54, 1.807) is 0 Å². The van der Waals surface area contributed by atoms with Crippen molar-refractivity contribution in [1.82, 2.24) is 5.32 Å². The number of ether oxygens (including phenoxy) is 3. The van der Waals surface area contributed by atoms with E-state index in [-0.39, 0.29) is 28.9 Å². The lowest BCUT2D eigenvalue weighted by atomic mass is 9.45. The van der Waals surface area contributed by atoms with Gasteiger partial charge in [0.05, 0.1) is 18.3 Å². The topological polar surface area (TPSA) is 56.8 Å². The molecule has 5 aliphatic rings. The smallest absolute Gasteiger partial charge is 0.335 e. The van der Waals surface area contributed by atoms with Gasteiger partial charge in [-0.05, 0) is 82.1 Å². The molecular weight excluding hydrogens is 414 g/mol. The lowest BCUT2D eigenvalue weighted by molar-refractivity contribution is -0.344. The third-order valence-electron chi connectivity index (χ3n) is 9.86. The van der Waals surface area contributed by atoms with Gasteiger partial charge in [0, 0.05) is 17.5 Å². The molecule has 2 heterocycles. The standard InChI is InChI=1S/C28H43NO4/c1-18-10-11-23-27(4,14-12-24-28(23,5)17-32-26(2,3)33-24)21(18)16-22(20-13-15-31-25(20)30)29-19-8-6-7-9-19/h13,19,21-24,29H,1,6-12,14-17H2,2-5H3. The third-order valence-corrected chi connectivity index (χ3v) is 9.86. The van der Waals surface area contributed by atoms with Crippen LogP contribution in [0.5, 0.6) is 0 Å². The van der Waals surface area contributed by atoms with E-state index in [0.29, 0.717) is 24.5 Å². The summed E-state index contributed by atoms with van der Waals surface area (Å²) in [6, 6.07) is 0.545. The van der Waals surface area contributed by atoms with Crippen LogP contribution in [-0.4, -0.2) is 43.2 Å². The van der Waals surface area contributed by atoms with Gasteiger partial charge in [-0.2, -0.15) is 0 Å². The zero-order valence-corrected chi connectivity index (χ0v) is 21.1. The predicted molar refractivity (Wildman–Crippen MR) is 129 cm³/mol. The van der Waals surface area contributed by atoms with E-state index < -0.39 is 5.79 Å². The number of hydrogen-bond acceptors (Lipinski definition) is 5. The summed E-state index contributed by atoms with van der Waals surface area (Å²) in [5.41, 5.74) is 2.35. The summed E-state index contributed by atoms with van der Waals surface area (Å²) in [5.74, 6) is 0.256. The van der Waals surface area contributed by atoms with Gasteiger partial charge in [-0.3, -0.25) is 0 Å². The number of esters is 1. The highest BCUT2D eigenvalue weighted by Crippen LogP contribution is 2.64. The molecule has 0 bridgehead atoms. The Balaban J connectivity index is 1.42. The van der Waals surface area contributed by atoms with Crippen LogP contribution in [0.1, 0.15) is 85.5 Å². The molecule has 0 aromatic carbocycles. The Morgan fingerprint density at radius 3 is 2.58 bits per heavy atom. The predicted octanol–water partition coefficient (Wildman–Crippen LogP) is 5.30. The molecule has 0 aromatic heterocycles. The number of allylic oxidation sites excluding steroid dienone is 1. The summed E-state index contributed by atoms with van der Waals surface area (Å²) in [6.07, 6.45) is 12.5. The van der Waals surface area contributed by atoms with Gasteiger partial charge in [-0.1, -0.05) is 38.8 Å². The van der Waals surface area contributed by atoms with E-state index in [1.807, 2.05) is 19.9 Å². The highest BCUT2D eigenvalue weighted by Gasteiger charge is 2.61. The average Bonchev–Trinajstić information content (AvgIpc) is 3.42. The zero-order valence-electron chi connectivity index (χ0n) is 21.1. The highest BCUT2D eigenvalue weighted by molar-refractivity contribution is 5.91. The van der Waals surface area contributed by atoms with Crippen LogP contribution in [0, 0.1) is 22.7 Å². The molecule has 0 radical (unpaired) electrons. The van der Waals surface area contributed by atoms with Crippen molar-refractivity contribution >= 4 is 5.97 Å². The molecule has 2 aliphatic heterocycles. The molecule has 6 atom stereocenters. The van der Waals surface area contributed by atoms with Gasteiger partial charge in [0.15, 0.2) is 5.79 Å².